The van der Waals surface area contributed by atoms with Gasteiger partial charge in [0.05, 0.1) is 17.8 Å². The van der Waals surface area contributed by atoms with Crippen molar-refractivity contribution < 1.29 is 9.84 Å². The second kappa shape index (κ2) is 11.4. The first kappa shape index (κ1) is 24.9. The lowest BCUT2D eigenvalue weighted by molar-refractivity contribution is 0.0215. The number of anilines is 2. The number of aromatic nitrogens is 3. The van der Waals surface area contributed by atoms with Crippen LogP contribution < -0.4 is 15.5 Å². The molecule has 188 valence electrons. The van der Waals surface area contributed by atoms with Crippen LogP contribution in [0.4, 0.5) is 11.4 Å². The molecule has 8 nitrogen and oxygen atoms in total. The third-order valence-corrected chi connectivity index (χ3v) is 6.83. The van der Waals surface area contributed by atoms with E-state index in [4.69, 9.17) is 4.74 Å². The van der Waals surface area contributed by atoms with Crippen molar-refractivity contribution in [3.8, 4) is 11.4 Å². The molecule has 1 N–H and O–H groups in total. The maximum Gasteiger partial charge on any atom is 0.350 e. The summed E-state index contributed by atoms with van der Waals surface area (Å²) in [6.07, 6.45) is 4.41. The van der Waals surface area contributed by atoms with Crippen LogP contribution in [0.2, 0.25) is 0 Å². The molecule has 0 radical (unpaired) electrons. The Balaban J connectivity index is 1.41. The van der Waals surface area contributed by atoms with Crippen LogP contribution in [0, 0.1) is 0 Å². The predicted octanol–water partition coefficient (Wildman–Crippen LogP) is 4.22. The number of phenols is 1. The molecular weight excluding hydrogens is 442 g/mol. The van der Waals surface area contributed by atoms with Gasteiger partial charge < -0.3 is 19.6 Å². The Morgan fingerprint density at radius 1 is 0.914 bits per heavy atom. The monoisotopic (exact) mass is 479 g/mol. The van der Waals surface area contributed by atoms with Crippen molar-refractivity contribution in [3.63, 3.8) is 0 Å². The van der Waals surface area contributed by atoms with Gasteiger partial charge in [0, 0.05) is 44.2 Å². The molecule has 0 unspecified atom stereocenters. The van der Waals surface area contributed by atoms with Gasteiger partial charge in [0.1, 0.15) is 12.1 Å². The van der Waals surface area contributed by atoms with E-state index in [1.807, 2.05) is 31.2 Å². The number of rotatable bonds is 10. The average Bonchev–Trinajstić information content (AvgIpc) is 3.26. The number of hydrogen-bond donors (Lipinski definition) is 1. The van der Waals surface area contributed by atoms with E-state index in [0.717, 1.165) is 62.5 Å². The molecule has 8 heteroatoms. The molecule has 1 aliphatic heterocycles. The van der Waals surface area contributed by atoms with E-state index < -0.39 is 0 Å². The summed E-state index contributed by atoms with van der Waals surface area (Å²) in [6, 6.07) is 15.4. The summed E-state index contributed by atoms with van der Waals surface area (Å²) in [5, 5.41) is 13.9. The third-order valence-electron chi connectivity index (χ3n) is 6.83. The lowest BCUT2D eigenvalue weighted by Crippen LogP contribution is -2.46. The first-order chi connectivity index (χ1) is 17.0. The van der Waals surface area contributed by atoms with E-state index in [0.29, 0.717) is 6.61 Å². The van der Waals surface area contributed by atoms with E-state index in [1.54, 1.807) is 27.7 Å². The van der Waals surface area contributed by atoms with Crippen LogP contribution in [0.1, 0.15) is 46.1 Å². The molecule has 2 heterocycles. The van der Waals surface area contributed by atoms with Gasteiger partial charge in [0.2, 0.25) is 0 Å². The Hall–Kier alpha value is -3.26. The minimum atomic E-state index is -0.141. The highest BCUT2D eigenvalue weighted by molar-refractivity contribution is 5.54. The van der Waals surface area contributed by atoms with Crippen LogP contribution >= 0.6 is 0 Å². The first-order valence-electron chi connectivity index (χ1n) is 12.7. The summed E-state index contributed by atoms with van der Waals surface area (Å²) in [5.41, 5.74) is 2.94. The second-order valence-electron chi connectivity index (χ2n) is 9.14. The van der Waals surface area contributed by atoms with Crippen molar-refractivity contribution in [2.24, 2.45) is 0 Å². The summed E-state index contributed by atoms with van der Waals surface area (Å²) in [6.45, 7) is 10.6. The van der Waals surface area contributed by atoms with Crippen LogP contribution in [-0.4, -0.2) is 58.3 Å². The average molecular weight is 480 g/mol. The van der Waals surface area contributed by atoms with Gasteiger partial charge in [-0.15, -0.1) is 0 Å². The zero-order chi connectivity index (χ0) is 24.8. The molecule has 1 fully saturated rings. The molecule has 0 saturated carbocycles. The van der Waals surface area contributed by atoms with Crippen molar-refractivity contribution in [1.29, 1.82) is 0 Å². The van der Waals surface area contributed by atoms with E-state index in [9.17, 15) is 9.90 Å². The van der Waals surface area contributed by atoms with Gasteiger partial charge >= 0.3 is 5.69 Å². The topological polar surface area (TPSA) is 75.8 Å². The standard InChI is InChI=1S/C27H37N5O3/c1-4-6-19-35-21(3)26(5-2)32-27(34)31(20-28-32)24-9-7-22(8-10-24)29-15-17-30(18-16-29)23-11-13-25(33)14-12-23/h7-14,20-21,26,33H,4-6,15-19H2,1-3H3/t21-,26-/m0/s1. The highest BCUT2D eigenvalue weighted by Crippen LogP contribution is 2.23. The molecule has 0 bridgehead atoms. The summed E-state index contributed by atoms with van der Waals surface area (Å²) < 4.78 is 9.12. The van der Waals surface area contributed by atoms with Crippen molar-refractivity contribution in [1.82, 2.24) is 14.3 Å². The zero-order valence-electron chi connectivity index (χ0n) is 21.0. The SMILES string of the molecule is CCCCO[C@@H](C)[C@H](CC)n1ncn(-c2ccc(N3CCN(c4ccc(O)cc4)CC3)cc2)c1=O. The number of ether oxygens (including phenoxy) is 1. The Bertz CT molecular complexity index is 1110. The molecule has 35 heavy (non-hydrogen) atoms. The van der Waals surface area contributed by atoms with Crippen LogP contribution in [0.15, 0.2) is 59.7 Å². The molecule has 4 rings (SSSR count). The van der Waals surface area contributed by atoms with E-state index in [1.165, 1.54) is 0 Å². The van der Waals surface area contributed by atoms with Crippen molar-refractivity contribution in [2.75, 3.05) is 42.6 Å². The van der Waals surface area contributed by atoms with Gasteiger partial charge in [-0.3, -0.25) is 0 Å². The van der Waals surface area contributed by atoms with Gasteiger partial charge in [-0.05, 0) is 68.3 Å². The molecule has 1 saturated heterocycles. The quantitative estimate of drug-likeness (QED) is 0.439. The minimum Gasteiger partial charge on any atom is -0.508 e. The van der Waals surface area contributed by atoms with E-state index >= 15 is 0 Å². The van der Waals surface area contributed by atoms with Gasteiger partial charge in [-0.1, -0.05) is 20.3 Å². The Morgan fingerprint density at radius 3 is 2.00 bits per heavy atom. The number of hydrogen-bond acceptors (Lipinski definition) is 6. The van der Waals surface area contributed by atoms with Crippen molar-refractivity contribution >= 4 is 11.4 Å². The van der Waals surface area contributed by atoms with Crippen LogP contribution in [0.3, 0.4) is 0 Å². The molecule has 1 aliphatic rings. The summed E-state index contributed by atoms with van der Waals surface area (Å²) in [4.78, 5) is 17.8. The Morgan fingerprint density at radius 2 is 1.46 bits per heavy atom. The lowest BCUT2D eigenvalue weighted by atomic mass is 10.1. The largest absolute Gasteiger partial charge is 0.508 e. The fourth-order valence-electron chi connectivity index (χ4n) is 4.66. The van der Waals surface area contributed by atoms with Gasteiger partial charge in [-0.25, -0.2) is 14.0 Å². The molecule has 1 aromatic heterocycles. The number of nitrogens with zero attached hydrogens (tertiary/aromatic N) is 5. The minimum absolute atomic E-state index is 0.0739. The number of unbranched alkanes of at least 4 members (excludes halogenated alkanes) is 1. The normalized spacial score (nSPS) is 15.9. The van der Waals surface area contributed by atoms with Crippen molar-refractivity contribution in [2.45, 2.75) is 52.2 Å². The maximum absolute atomic E-state index is 13.2. The number of piperazine rings is 1. The second-order valence-corrected chi connectivity index (χ2v) is 9.14. The molecule has 0 spiro atoms. The fraction of sp³-hybridized carbons (Fsp3) is 0.481. The Kier molecular flexibility index (Phi) is 8.13. The fourth-order valence-corrected chi connectivity index (χ4v) is 4.66. The van der Waals surface area contributed by atoms with Crippen LogP contribution in [-0.2, 0) is 4.74 Å². The van der Waals surface area contributed by atoms with Gasteiger partial charge in [0.15, 0.2) is 0 Å². The summed E-state index contributed by atoms with van der Waals surface area (Å²) in [7, 11) is 0. The highest BCUT2D eigenvalue weighted by Gasteiger charge is 2.23. The molecular formula is C27H37N5O3. The molecule has 0 aliphatic carbocycles. The van der Waals surface area contributed by atoms with Crippen LogP contribution in [0.5, 0.6) is 5.75 Å². The van der Waals surface area contributed by atoms with Gasteiger partial charge in [0.25, 0.3) is 0 Å². The van der Waals surface area contributed by atoms with Crippen LogP contribution in [0.25, 0.3) is 5.69 Å². The summed E-state index contributed by atoms with van der Waals surface area (Å²) >= 11 is 0. The number of benzene rings is 2. The maximum atomic E-state index is 13.2. The smallest absolute Gasteiger partial charge is 0.350 e. The van der Waals surface area contributed by atoms with E-state index in [-0.39, 0.29) is 23.6 Å². The number of aromatic hydroxyl groups is 1. The molecule has 2 aromatic carbocycles. The summed E-state index contributed by atoms with van der Waals surface area (Å²) in [5.74, 6) is 0.289. The zero-order valence-corrected chi connectivity index (χ0v) is 21.0. The lowest BCUT2D eigenvalue weighted by Gasteiger charge is -2.37. The number of phenolic OH excluding ortho intramolecular Hbond substituents is 1. The molecule has 0 amide bonds. The Labute approximate surface area is 207 Å². The third kappa shape index (κ3) is 5.70. The highest BCUT2D eigenvalue weighted by atomic mass is 16.5. The first-order valence-corrected chi connectivity index (χ1v) is 12.7. The predicted molar refractivity (Wildman–Crippen MR) is 140 cm³/mol. The van der Waals surface area contributed by atoms with E-state index in [2.05, 4.69) is 40.9 Å². The molecule has 3 aromatic rings. The molecule has 2 atom stereocenters. The van der Waals surface area contributed by atoms with Crippen molar-refractivity contribution in [3.05, 3.63) is 65.3 Å². The van der Waals surface area contributed by atoms with Gasteiger partial charge in [-0.2, -0.15) is 5.10 Å².